The molecule has 4 heterocycles. The highest BCUT2D eigenvalue weighted by molar-refractivity contribution is 7.14. The van der Waals surface area contributed by atoms with E-state index >= 15 is 0 Å². The lowest BCUT2D eigenvalue weighted by Crippen LogP contribution is -2.35. The number of nitrogens with one attached hydrogen (secondary N) is 2. The van der Waals surface area contributed by atoms with Gasteiger partial charge in [0.25, 0.3) is 5.91 Å². The maximum Gasteiger partial charge on any atom is 0.410 e. The lowest BCUT2D eigenvalue weighted by Gasteiger charge is -2.32. The highest BCUT2D eigenvalue weighted by Crippen LogP contribution is 2.43. The largest absolute Gasteiger partial charge is 0.467 e. The summed E-state index contributed by atoms with van der Waals surface area (Å²) in [5.74, 6) is -0.131. The van der Waals surface area contributed by atoms with Crippen LogP contribution in [-0.4, -0.2) is 26.8 Å². The quantitative estimate of drug-likeness (QED) is 0.590. The van der Waals surface area contributed by atoms with Gasteiger partial charge in [-0.25, -0.2) is 9.67 Å². The van der Waals surface area contributed by atoms with Crippen molar-refractivity contribution in [3.8, 4) is 0 Å². The molecule has 0 saturated heterocycles. The number of halogens is 3. The Labute approximate surface area is 174 Å². The van der Waals surface area contributed by atoms with Crippen molar-refractivity contribution in [1.82, 2.24) is 14.8 Å². The number of hydrogen-bond acceptors (Lipinski definition) is 6. The van der Waals surface area contributed by atoms with Gasteiger partial charge < -0.3 is 9.73 Å². The molecule has 11 heteroatoms. The second-order valence-electron chi connectivity index (χ2n) is 8.11. The standard InChI is InChI=1S/C19H20F3N5O2S/c1-18(2,3)13-9-30-17(24-13)25-16(28)11-8-15-23-10(12-5-4-6-29-12)7-14(19(20,21)22)27(15)26-11/h4-6,8-10,14,23H,7H2,1-3H3,(H,24,25,28). The zero-order valence-electron chi connectivity index (χ0n) is 16.4. The molecule has 0 saturated carbocycles. The fraction of sp³-hybridized carbons (Fsp3) is 0.421. The van der Waals surface area contributed by atoms with Gasteiger partial charge in [0.05, 0.1) is 18.0 Å². The number of aromatic nitrogens is 3. The number of alkyl halides is 3. The second kappa shape index (κ2) is 7.15. The molecule has 1 aliphatic heterocycles. The third-order valence-electron chi connectivity index (χ3n) is 4.80. The molecule has 2 unspecified atom stereocenters. The SMILES string of the molecule is CC(C)(C)c1csc(NC(=O)c2cc3n(n2)C(C(F)(F)F)CC(c2ccco2)N3)n1. The monoisotopic (exact) mass is 439 g/mol. The molecule has 2 N–H and O–H groups in total. The van der Waals surface area contributed by atoms with E-state index in [1.807, 2.05) is 26.2 Å². The summed E-state index contributed by atoms with van der Waals surface area (Å²) in [6.07, 6.45) is -3.42. The van der Waals surface area contributed by atoms with Gasteiger partial charge in [0.15, 0.2) is 16.9 Å². The smallest absolute Gasteiger partial charge is 0.410 e. The van der Waals surface area contributed by atoms with Gasteiger partial charge in [0, 0.05) is 23.3 Å². The molecule has 0 radical (unpaired) electrons. The van der Waals surface area contributed by atoms with Crippen LogP contribution >= 0.6 is 11.3 Å². The Balaban J connectivity index is 1.60. The van der Waals surface area contributed by atoms with E-state index in [2.05, 4.69) is 20.7 Å². The van der Waals surface area contributed by atoms with Crippen LogP contribution in [0.3, 0.4) is 0 Å². The van der Waals surface area contributed by atoms with E-state index in [0.29, 0.717) is 10.9 Å². The molecule has 0 aromatic carbocycles. The van der Waals surface area contributed by atoms with Gasteiger partial charge in [-0.1, -0.05) is 20.8 Å². The van der Waals surface area contributed by atoms with Gasteiger partial charge >= 0.3 is 6.18 Å². The summed E-state index contributed by atoms with van der Waals surface area (Å²) in [5.41, 5.74) is 0.504. The lowest BCUT2D eigenvalue weighted by molar-refractivity contribution is -0.174. The van der Waals surface area contributed by atoms with Crippen LogP contribution in [0.1, 0.15) is 61.2 Å². The molecule has 3 aromatic heterocycles. The van der Waals surface area contributed by atoms with Gasteiger partial charge in [-0.15, -0.1) is 11.3 Å². The van der Waals surface area contributed by atoms with Crippen molar-refractivity contribution in [3.63, 3.8) is 0 Å². The molecule has 0 fully saturated rings. The predicted molar refractivity (Wildman–Crippen MR) is 106 cm³/mol. The molecule has 4 rings (SSSR count). The van der Waals surface area contributed by atoms with Gasteiger partial charge in [-0.3, -0.25) is 10.1 Å². The van der Waals surface area contributed by atoms with Crippen LogP contribution in [0.2, 0.25) is 0 Å². The molecule has 0 spiro atoms. The van der Waals surface area contributed by atoms with Crippen LogP contribution in [0.25, 0.3) is 0 Å². The third kappa shape index (κ3) is 3.93. The molecule has 1 amide bonds. The number of carbonyl (C=O) groups excluding carboxylic acids is 1. The molecule has 0 bridgehead atoms. The highest BCUT2D eigenvalue weighted by Gasteiger charge is 2.47. The first kappa shape index (κ1) is 20.5. The topological polar surface area (TPSA) is 85.0 Å². The summed E-state index contributed by atoms with van der Waals surface area (Å²) in [6, 6.07) is 1.98. The molecular formula is C19H20F3N5O2S. The van der Waals surface area contributed by atoms with Crippen LogP contribution in [0.15, 0.2) is 34.3 Å². The summed E-state index contributed by atoms with van der Waals surface area (Å²) in [5, 5.41) is 11.7. The van der Waals surface area contributed by atoms with Crippen molar-refractivity contribution in [2.45, 2.75) is 50.9 Å². The summed E-state index contributed by atoms with van der Waals surface area (Å²) >= 11 is 1.25. The van der Waals surface area contributed by atoms with E-state index in [4.69, 9.17) is 4.42 Å². The molecular weight excluding hydrogens is 419 g/mol. The highest BCUT2D eigenvalue weighted by atomic mass is 32.1. The summed E-state index contributed by atoms with van der Waals surface area (Å²) in [4.78, 5) is 17.0. The Morgan fingerprint density at radius 3 is 2.73 bits per heavy atom. The van der Waals surface area contributed by atoms with Gasteiger partial charge in [-0.05, 0) is 12.1 Å². The number of fused-ring (bicyclic) bond motifs is 1. The van der Waals surface area contributed by atoms with E-state index in [1.54, 1.807) is 12.1 Å². The summed E-state index contributed by atoms with van der Waals surface area (Å²) in [6.45, 7) is 5.99. The van der Waals surface area contributed by atoms with Crippen molar-refractivity contribution < 1.29 is 22.4 Å². The number of carbonyl (C=O) groups is 1. The minimum absolute atomic E-state index is 0.102. The molecule has 3 aromatic rings. The number of furan rings is 1. The van der Waals surface area contributed by atoms with E-state index in [-0.39, 0.29) is 23.3 Å². The van der Waals surface area contributed by atoms with Gasteiger partial charge in [-0.2, -0.15) is 18.3 Å². The number of nitrogens with zero attached hydrogens (tertiary/aromatic N) is 3. The lowest BCUT2D eigenvalue weighted by atomic mass is 9.93. The van der Waals surface area contributed by atoms with Crippen LogP contribution in [-0.2, 0) is 5.41 Å². The van der Waals surface area contributed by atoms with Crippen molar-refractivity contribution in [3.05, 3.63) is 47.0 Å². The van der Waals surface area contributed by atoms with Crippen LogP contribution < -0.4 is 10.6 Å². The predicted octanol–water partition coefficient (Wildman–Crippen LogP) is 5.14. The van der Waals surface area contributed by atoms with Gasteiger partial charge in [0.2, 0.25) is 0 Å². The van der Waals surface area contributed by atoms with Crippen molar-refractivity contribution in [2.75, 3.05) is 10.6 Å². The van der Waals surface area contributed by atoms with Crippen LogP contribution in [0.5, 0.6) is 0 Å². The fourth-order valence-corrected chi connectivity index (χ4v) is 4.13. The van der Waals surface area contributed by atoms with Crippen molar-refractivity contribution in [1.29, 1.82) is 0 Å². The van der Waals surface area contributed by atoms with Crippen LogP contribution in [0.4, 0.5) is 24.1 Å². The number of rotatable bonds is 3. The number of hydrogen-bond donors (Lipinski definition) is 2. The first-order chi connectivity index (χ1) is 14.0. The van der Waals surface area contributed by atoms with Gasteiger partial charge in [0.1, 0.15) is 11.6 Å². The molecule has 1 aliphatic rings. The van der Waals surface area contributed by atoms with Crippen molar-refractivity contribution >= 4 is 28.2 Å². The molecule has 7 nitrogen and oxygen atoms in total. The summed E-state index contributed by atoms with van der Waals surface area (Å²) in [7, 11) is 0. The number of amides is 1. The maximum absolute atomic E-state index is 13.7. The van der Waals surface area contributed by atoms with E-state index in [0.717, 1.165) is 10.4 Å². The Morgan fingerprint density at radius 2 is 2.13 bits per heavy atom. The Hall–Kier alpha value is -2.82. The summed E-state index contributed by atoms with van der Waals surface area (Å²) < 4.78 is 47.1. The minimum Gasteiger partial charge on any atom is -0.467 e. The second-order valence-corrected chi connectivity index (χ2v) is 8.96. The maximum atomic E-state index is 13.7. The number of thiazole rings is 1. The normalized spacial score (nSPS) is 19.3. The third-order valence-corrected chi connectivity index (χ3v) is 5.56. The first-order valence-corrected chi connectivity index (χ1v) is 10.1. The van der Waals surface area contributed by atoms with Crippen LogP contribution in [0, 0.1) is 0 Å². The average molecular weight is 439 g/mol. The molecule has 2 atom stereocenters. The molecule has 0 aliphatic carbocycles. The zero-order chi connectivity index (χ0) is 21.7. The van der Waals surface area contributed by atoms with E-state index in [1.165, 1.54) is 23.7 Å². The zero-order valence-corrected chi connectivity index (χ0v) is 17.3. The Bertz CT molecular complexity index is 1050. The Morgan fingerprint density at radius 1 is 1.37 bits per heavy atom. The molecule has 160 valence electrons. The fourth-order valence-electron chi connectivity index (χ4n) is 3.20. The van der Waals surface area contributed by atoms with Crippen molar-refractivity contribution in [2.24, 2.45) is 0 Å². The average Bonchev–Trinajstić information content (AvgIpc) is 3.38. The van der Waals surface area contributed by atoms with E-state index < -0.39 is 24.2 Å². The first-order valence-electron chi connectivity index (χ1n) is 9.26. The molecule has 30 heavy (non-hydrogen) atoms. The Kier molecular flexibility index (Phi) is 4.88. The van der Waals surface area contributed by atoms with E-state index in [9.17, 15) is 18.0 Å². The number of anilines is 2. The minimum atomic E-state index is -4.53.